The number of aryl methyl sites for hydroxylation is 1. The number of nitrogens with zero attached hydrogens (tertiary/aromatic N) is 3. The monoisotopic (exact) mass is 484 g/mol. The van der Waals surface area contributed by atoms with Crippen LogP contribution in [0.5, 0.6) is 0 Å². The summed E-state index contributed by atoms with van der Waals surface area (Å²) < 4.78 is 8.09. The number of benzene rings is 2. The Balaban J connectivity index is 1.75. The molecule has 4 rings (SSSR count). The van der Waals surface area contributed by atoms with Gasteiger partial charge < -0.3 is 15.0 Å². The standard InChI is InChI=1S/C25H29ClN4O4/c1-15-18(8-7-9-19(15)26)25(13-30(14-25)23(33)34-24(2,3)4)27-16-10-11-17-20(12-16)28(5)22(32)29(6)21(17)31/h7-12,27H,13-14H2,1-6H3. The van der Waals surface area contributed by atoms with E-state index < -0.39 is 16.8 Å². The van der Waals surface area contributed by atoms with Crippen molar-refractivity contribution < 1.29 is 9.53 Å². The van der Waals surface area contributed by atoms with Crippen LogP contribution in [0.25, 0.3) is 10.9 Å². The molecule has 3 aromatic rings. The Morgan fingerprint density at radius 1 is 1.09 bits per heavy atom. The van der Waals surface area contributed by atoms with Crippen molar-refractivity contribution in [1.29, 1.82) is 0 Å². The Labute approximate surface area is 202 Å². The van der Waals surface area contributed by atoms with Gasteiger partial charge in [-0.3, -0.25) is 13.9 Å². The first-order chi connectivity index (χ1) is 15.8. The normalized spacial score (nSPS) is 15.2. The summed E-state index contributed by atoms with van der Waals surface area (Å²) >= 11 is 6.43. The maximum absolute atomic E-state index is 12.7. The second kappa shape index (κ2) is 8.20. The molecule has 1 N–H and O–H groups in total. The molecule has 0 radical (unpaired) electrons. The molecule has 2 heterocycles. The summed E-state index contributed by atoms with van der Waals surface area (Å²) in [6.07, 6.45) is -0.381. The van der Waals surface area contributed by atoms with E-state index in [-0.39, 0.29) is 11.7 Å². The third kappa shape index (κ3) is 4.07. The molecule has 0 aliphatic carbocycles. The quantitative estimate of drug-likeness (QED) is 0.611. The lowest BCUT2D eigenvalue weighted by Crippen LogP contribution is -2.65. The van der Waals surface area contributed by atoms with Crippen molar-refractivity contribution in [2.24, 2.45) is 14.1 Å². The largest absolute Gasteiger partial charge is 0.444 e. The molecule has 9 heteroatoms. The van der Waals surface area contributed by atoms with Crippen LogP contribution in [0.1, 0.15) is 31.9 Å². The number of carbonyl (C=O) groups excluding carboxylic acids is 1. The zero-order valence-corrected chi connectivity index (χ0v) is 21.0. The van der Waals surface area contributed by atoms with Crippen molar-refractivity contribution in [3.05, 3.63) is 73.4 Å². The minimum atomic E-state index is -0.613. The molecule has 2 aromatic carbocycles. The van der Waals surface area contributed by atoms with Crippen LogP contribution in [0, 0.1) is 6.92 Å². The Bertz CT molecular complexity index is 1410. The van der Waals surface area contributed by atoms with Gasteiger partial charge in [-0.15, -0.1) is 0 Å². The zero-order chi connectivity index (χ0) is 25.0. The maximum Gasteiger partial charge on any atom is 0.410 e. The first-order valence-corrected chi connectivity index (χ1v) is 11.4. The predicted octanol–water partition coefficient (Wildman–Crippen LogP) is 3.76. The number of halogens is 1. The number of anilines is 1. The molecule has 0 spiro atoms. The van der Waals surface area contributed by atoms with E-state index in [4.69, 9.17) is 16.3 Å². The summed E-state index contributed by atoms with van der Waals surface area (Å²) in [5.41, 5.74) is 1.20. The van der Waals surface area contributed by atoms with E-state index in [1.807, 2.05) is 52.0 Å². The van der Waals surface area contributed by atoms with Crippen molar-refractivity contribution in [1.82, 2.24) is 14.0 Å². The highest BCUT2D eigenvalue weighted by atomic mass is 35.5. The average molecular weight is 485 g/mol. The fourth-order valence-electron chi connectivity index (χ4n) is 4.44. The molecular formula is C25H29ClN4O4. The van der Waals surface area contributed by atoms with Crippen LogP contribution < -0.4 is 16.6 Å². The maximum atomic E-state index is 12.7. The van der Waals surface area contributed by atoms with Gasteiger partial charge in [-0.25, -0.2) is 9.59 Å². The van der Waals surface area contributed by atoms with E-state index in [2.05, 4.69) is 5.32 Å². The molecule has 0 saturated carbocycles. The summed E-state index contributed by atoms with van der Waals surface area (Å²) in [6, 6.07) is 11.0. The lowest BCUT2D eigenvalue weighted by Gasteiger charge is -2.51. The van der Waals surface area contributed by atoms with E-state index in [0.717, 1.165) is 21.4 Å². The molecule has 0 unspecified atom stereocenters. The minimum absolute atomic E-state index is 0.343. The lowest BCUT2D eigenvalue weighted by atomic mass is 9.80. The van der Waals surface area contributed by atoms with Crippen molar-refractivity contribution in [3.63, 3.8) is 0 Å². The smallest absolute Gasteiger partial charge is 0.410 e. The van der Waals surface area contributed by atoms with Gasteiger partial charge in [-0.05, 0) is 63.1 Å². The van der Waals surface area contributed by atoms with E-state index in [0.29, 0.717) is 29.0 Å². The molecule has 8 nitrogen and oxygen atoms in total. The minimum Gasteiger partial charge on any atom is -0.444 e. The van der Waals surface area contributed by atoms with Gasteiger partial charge in [0.2, 0.25) is 0 Å². The average Bonchev–Trinajstić information content (AvgIpc) is 2.73. The van der Waals surface area contributed by atoms with Gasteiger partial charge in [-0.2, -0.15) is 0 Å². The lowest BCUT2D eigenvalue weighted by molar-refractivity contribution is -0.00490. The predicted molar refractivity (Wildman–Crippen MR) is 134 cm³/mol. The van der Waals surface area contributed by atoms with Crippen LogP contribution in [0.15, 0.2) is 46.0 Å². The van der Waals surface area contributed by atoms with Crippen molar-refractivity contribution in [3.8, 4) is 0 Å². The Morgan fingerprint density at radius 3 is 2.41 bits per heavy atom. The number of carbonyl (C=O) groups is 1. The second-order valence-corrected chi connectivity index (χ2v) is 10.3. The molecular weight excluding hydrogens is 456 g/mol. The second-order valence-electron chi connectivity index (χ2n) is 9.89. The number of rotatable bonds is 3. The fourth-order valence-corrected chi connectivity index (χ4v) is 4.62. The highest BCUT2D eigenvalue weighted by Gasteiger charge is 2.48. The zero-order valence-electron chi connectivity index (χ0n) is 20.2. The van der Waals surface area contributed by atoms with Crippen LogP contribution in [-0.4, -0.2) is 38.8 Å². The number of hydrogen-bond donors (Lipinski definition) is 1. The number of fused-ring (bicyclic) bond motifs is 1. The van der Waals surface area contributed by atoms with Crippen molar-refractivity contribution in [2.75, 3.05) is 18.4 Å². The van der Waals surface area contributed by atoms with Crippen LogP contribution in [0.3, 0.4) is 0 Å². The number of nitrogens with one attached hydrogen (secondary N) is 1. The molecule has 34 heavy (non-hydrogen) atoms. The molecule has 0 atom stereocenters. The number of likely N-dealkylation sites (tertiary alicyclic amines) is 1. The number of ether oxygens (including phenoxy) is 1. The van der Waals surface area contributed by atoms with E-state index >= 15 is 0 Å². The summed E-state index contributed by atoms with van der Waals surface area (Å²) in [6.45, 7) is 8.20. The molecule has 1 saturated heterocycles. The Morgan fingerprint density at radius 2 is 1.76 bits per heavy atom. The molecule has 1 aliphatic rings. The molecule has 1 fully saturated rings. The molecule has 1 aromatic heterocycles. The molecule has 1 amide bonds. The molecule has 0 bridgehead atoms. The highest BCUT2D eigenvalue weighted by molar-refractivity contribution is 6.31. The third-order valence-electron chi connectivity index (χ3n) is 6.21. The summed E-state index contributed by atoms with van der Waals surface area (Å²) in [4.78, 5) is 39.3. The van der Waals surface area contributed by atoms with Gasteiger partial charge in [0.1, 0.15) is 5.60 Å². The van der Waals surface area contributed by atoms with E-state index in [9.17, 15) is 14.4 Å². The van der Waals surface area contributed by atoms with Crippen LogP contribution >= 0.6 is 11.6 Å². The van der Waals surface area contributed by atoms with Crippen LogP contribution in [-0.2, 0) is 24.4 Å². The summed E-state index contributed by atoms with van der Waals surface area (Å²) in [5, 5.41) is 4.65. The number of aromatic nitrogens is 2. The Hall–Kier alpha value is -3.26. The van der Waals surface area contributed by atoms with Gasteiger partial charge in [-0.1, -0.05) is 23.7 Å². The highest BCUT2D eigenvalue weighted by Crippen LogP contribution is 2.40. The first-order valence-electron chi connectivity index (χ1n) is 11.0. The molecule has 1 aliphatic heterocycles. The fraction of sp³-hybridized carbons (Fsp3) is 0.400. The van der Waals surface area contributed by atoms with Gasteiger partial charge in [0, 0.05) is 24.8 Å². The van der Waals surface area contributed by atoms with Gasteiger partial charge >= 0.3 is 11.8 Å². The van der Waals surface area contributed by atoms with E-state index in [1.54, 1.807) is 24.1 Å². The number of amides is 1. The van der Waals surface area contributed by atoms with Gasteiger partial charge in [0.25, 0.3) is 5.56 Å². The van der Waals surface area contributed by atoms with Crippen LogP contribution in [0.2, 0.25) is 5.02 Å². The third-order valence-corrected chi connectivity index (χ3v) is 6.62. The number of hydrogen-bond acceptors (Lipinski definition) is 5. The van der Waals surface area contributed by atoms with Crippen molar-refractivity contribution >= 4 is 34.3 Å². The SMILES string of the molecule is Cc1c(Cl)cccc1C1(Nc2ccc3c(=O)n(C)c(=O)n(C)c3c2)CN(C(=O)OC(C)(C)C)C1. The van der Waals surface area contributed by atoms with Gasteiger partial charge in [0.05, 0.1) is 29.5 Å². The topological polar surface area (TPSA) is 85.6 Å². The van der Waals surface area contributed by atoms with Gasteiger partial charge in [0.15, 0.2) is 0 Å². The summed E-state index contributed by atoms with van der Waals surface area (Å²) in [5.74, 6) is 0. The molecule has 180 valence electrons. The first kappa shape index (κ1) is 23.9. The van der Waals surface area contributed by atoms with Crippen molar-refractivity contribution in [2.45, 2.75) is 38.8 Å². The Kier molecular flexibility index (Phi) is 5.76. The summed E-state index contributed by atoms with van der Waals surface area (Å²) in [7, 11) is 3.10. The van der Waals surface area contributed by atoms with E-state index in [1.165, 1.54) is 11.6 Å². The van der Waals surface area contributed by atoms with Crippen LogP contribution in [0.4, 0.5) is 10.5 Å².